The van der Waals surface area contributed by atoms with Gasteiger partial charge in [0.2, 0.25) is 5.91 Å². The lowest BCUT2D eigenvalue weighted by Crippen LogP contribution is -2.32. The Balaban J connectivity index is 1.97. The van der Waals surface area contributed by atoms with Crippen molar-refractivity contribution in [3.63, 3.8) is 0 Å². The SMILES string of the molecule is CNc1ccc(C#N)cc1NC(=O)CNC(=O)c1cccs1. The summed E-state index contributed by atoms with van der Waals surface area (Å²) in [4.78, 5) is 24.2. The van der Waals surface area contributed by atoms with Crippen molar-refractivity contribution in [1.29, 1.82) is 5.26 Å². The fraction of sp³-hybridized carbons (Fsp3) is 0.133. The van der Waals surface area contributed by atoms with Crippen LogP contribution in [0.25, 0.3) is 0 Å². The molecule has 2 aromatic rings. The summed E-state index contributed by atoms with van der Waals surface area (Å²) in [5.74, 6) is -0.652. The second-order valence-corrected chi connectivity index (χ2v) is 5.28. The van der Waals surface area contributed by atoms with Crippen LogP contribution in [0.1, 0.15) is 15.2 Å². The van der Waals surface area contributed by atoms with E-state index in [2.05, 4.69) is 16.0 Å². The van der Waals surface area contributed by atoms with E-state index < -0.39 is 0 Å². The maximum absolute atomic E-state index is 11.9. The average Bonchev–Trinajstić information content (AvgIpc) is 3.07. The van der Waals surface area contributed by atoms with Crippen molar-refractivity contribution < 1.29 is 9.59 Å². The summed E-state index contributed by atoms with van der Waals surface area (Å²) in [7, 11) is 1.72. The lowest BCUT2D eigenvalue weighted by molar-refractivity contribution is -0.115. The molecule has 0 fully saturated rings. The Hall–Kier alpha value is -2.85. The highest BCUT2D eigenvalue weighted by Gasteiger charge is 2.10. The molecule has 1 aromatic carbocycles. The van der Waals surface area contributed by atoms with Crippen molar-refractivity contribution in [3.05, 3.63) is 46.2 Å². The molecule has 2 amide bonds. The van der Waals surface area contributed by atoms with E-state index in [1.165, 1.54) is 11.3 Å². The molecule has 3 N–H and O–H groups in total. The third-order valence-corrected chi connectivity index (χ3v) is 3.72. The van der Waals surface area contributed by atoms with Gasteiger partial charge in [0.25, 0.3) is 5.91 Å². The number of nitriles is 1. The smallest absolute Gasteiger partial charge is 0.261 e. The molecule has 22 heavy (non-hydrogen) atoms. The predicted octanol–water partition coefficient (Wildman–Crippen LogP) is 2.03. The van der Waals surface area contributed by atoms with Crippen molar-refractivity contribution in [2.45, 2.75) is 0 Å². The third kappa shape index (κ3) is 3.84. The normalized spacial score (nSPS) is 9.64. The molecule has 0 aliphatic rings. The Labute approximate surface area is 131 Å². The van der Waals surface area contributed by atoms with Crippen LogP contribution in [0.4, 0.5) is 11.4 Å². The van der Waals surface area contributed by atoms with Crippen LogP contribution in [0.15, 0.2) is 35.7 Å². The number of carbonyl (C=O) groups is 2. The molecule has 0 atom stereocenters. The van der Waals surface area contributed by atoms with Crippen LogP contribution in [0.3, 0.4) is 0 Å². The van der Waals surface area contributed by atoms with Crippen LogP contribution in [-0.2, 0) is 4.79 Å². The van der Waals surface area contributed by atoms with Gasteiger partial charge in [0.05, 0.1) is 34.4 Å². The second kappa shape index (κ2) is 7.24. The van der Waals surface area contributed by atoms with Crippen LogP contribution in [-0.4, -0.2) is 25.4 Å². The summed E-state index contributed by atoms with van der Waals surface area (Å²) in [6, 6.07) is 10.4. The van der Waals surface area contributed by atoms with Gasteiger partial charge in [0, 0.05) is 7.05 Å². The fourth-order valence-corrected chi connectivity index (χ4v) is 2.43. The van der Waals surface area contributed by atoms with E-state index in [4.69, 9.17) is 5.26 Å². The summed E-state index contributed by atoms with van der Waals surface area (Å²) < 4.78 is 0. The Kier molecular flexibility index (Phi) is 5.11. The molecule has 6 nitrogen and oxygen atoms in total. The zero-order chi connectivity index (χ0) is 15.9. The number of amides is 2. The van der Waals surface area contributed by atoms with Gasteiger partial charge in [0.1, 0.15) is 0 Å². The third-order valence-electron chi connectivity index (χ3n) is 2.85. The summed E-state index contributed by atoms with van der Waals surface area (Å²) in [5, 5.41) is 18.8. The number of hydrogen-bond donors (Lipinski definition) is 3. The number of hydrogen-bond acceptors (Lipinski definition) is 5. The van der Waals surface area contributed by atoms with Crippen molar-refractivity contribution in [1.82, 2.24) is 5.32 Å². The molecule has 0 unspecified atom stereocenters. The van der Waals surface area contributed by atoms with Gasteiger partial charge in [-0.1, -0.05) is 6.07 Å². The minimum atomic E-state index is -0.364. The quantitative estimate of drug-likeness (QED) is 0.787. The van der Waals surface area contributed by atoms with Gasteiger partial charge in [-0.05, 0) is 29.6 Å². The molecule has 0 spiro atoms. The maximum atomic E-state index is 11.9. The lowest BCUT2D eigenvalue weighted by Gasteiger charge is -2.11. The number of rotatable bonds is 5. The predicted molar refractivity (Wildman–Crippen MR) is 86.0 cm³/mol. The molecule has 1 aromatic heterocycles. The van der Waals surface area contributed by atoms with Gasteiger partial charge in [-0.3, -0.25) is 9.59 Å². The zero-order valence-electron chi connectivity index (χ0n) is 11.8. The van der Waals surface area contributed by atoms with Gasteiger partial charge in [0.15, 0.2) is 0 Å². The van der Waals surface area contributed by atoms with Gasteiger partial charge in [-0.15, -0.1) is 11.3 Å². The van der Waals surface area contributed by atoms with Gasteiger partial charge < -0.3 is 16.0 Å². The van der Waals surface area contributed by atoms with Gasteiger partial charge in [-0.25, -0.2) is 0 Å². The Morgan fingerprint density at radius 2 is 2.09 bits per heavy atom. The number of benzene rings is 1. The number of carbonyl (C=O) groups excluding carboxylic acids is 2. The molecule has 1 heterocycles. The molecule has 112 valence electrons. The average molecular weight is 314 g/mol. The molecular weight excluding hydrogens is 300 g/mol. The molecule has 0 saturated heterocycles. The monoisotopic (exact) mass is 314 g/mol. The molecule has 0 radical (unpaired) electrons. The van der Waals surface area contributed by atoms with Crippen molar-refractivity contribution in [2.75, 3.05) is 24.2 Å². The first-order valence-electron chi connectivity index (χ1n) is 6.47. The first-order valence-corrected chi connectivity index (χ1v) is 7.35. The van der Waals surface area contributed by atoms with E-state index in [-0.39, 0.29) is 18.4 Å². The van der Waals surface area contributed by atoms with Crippen LogP contribution in [0.5, 0.6) is 0 Å². The maximum Gasteiger partial charge on any atom is 0.261 e. The van der Waals surface area contributed by atoms with E-state index >= 15 is 0 Å². The second-order valence-electron chi connectivity index (χ2n) is 4.33. The highest BCUT2D eigenvalue weighted by molar-refractivity contribution is 7.12. The number of nitrogens with one attached hydrogen (secondary N) is 3. The highest BCUT2D eigenvalue weighted by Crippen LogP contribution is 2.22. The van der Waals surface area contributed by atoms with E-state index in [9.17, 15) is 9.59 Å². The number of nitrogens with zero attached hydrogens (tertiary/aromatic N) is 1. The molecule has 7 heteroatoms. The highest BCUT2D eigenvalue weighted by atomic mass is 32.1. The summed E-state index contributed by atoms with van der Waals surface area (Å²) in [5.41, 5.74) is 1.63. The van der Waals surface area contributed by atoms with E-state index in [1.807, 2.05) is 6.07 Å². The topological polar surface area (TPSA) is 94.0 Å². The number of thiophene rings is 1. The van der Waals surface area contributed by atoms with Gasteiger partial charge in [-0.2, -0.15) is 5.26 Å². The summed E-state index contributed by atoms with van der Waals surface area (Å²) in [6.07, 6.45) is 0. The summed E-state index contributed by atoms with van der Waals surface area (Å²) >= 11 is 1.31. The van der Waals surface area contributed by atoms with Crippen LogP contribution in [0, 0.1) is 11.3 Å². The fourth-order valence-electron chi connectivity index (χ4n) is 1.79. The largest absolute Gasteiger partial charge is 0.386 e. The van der Waals surface area contributed by atoms with Crippen molar-refractivity contribution in [2.24, 2.45) is 0 Å². The van der Waals surface area contributed by atoms with E-state index in [0.29, 0.717) is 21.8 Å². The minimum Gasteiger partial charge on any atom is -0.386 e. The van der Waals surface area contributed by atoms with Crippen LogP contribution >= 0.6 is 11.3 Å². The molecule has 0 saturated carbocycles. The summed E-state index contributed by atoms with van der Waals surface area (Å²) in [6.45, 7) is -0.142. The Morgan fingerprint density at radius 1 is 1.27 bits per heavy atom. The Bertz CT molecular complexity index is 720. The van der Waals surface area contributed by atoms with Crippen LogP contribution in [0.2, 0.25) is 0 Å². The minimum absolute atomic E-state index is 0.142. The molecular formula is C15H14N4O2S. The molecule has 0 aliphatic heterocycles. The van der Waals surface area contributed by atoms with E-state index in [1.54, 1.807) is 42.8 Å². The standard InChI is InChI=1S/C15H14N4O2S/c1-17-11-5-4-10(8-16)7-12(11)19-14(20)9-18-15(21)13-3-2-6-22-13/h2-7,17H,9H2,1H3,(H,18,21)(H,19,20). The Morgan fingerprint density at radius 3 is 2.73 bits per heavy atom. The van der Waals surface area contributed by atoms with E-state index in [0.717, 1.165) is 0 Å². The number of anilines is 2. The lowest BCUT2D eigenvalue weighted by atomic mass is 10.2. The molecule has 0 aliphatic carbocycles. The van der Waals surface area contributed by atoms with Crippen molar-refractivity contribution >= 4 is 34.5 Å². The first kappa shape index (κ1) is 15.5. The van der Waals surface area contributed by atoms with Crippen LogP contribution < -0.4 is 16.0 Å². The molecule has 2 rings (SSSR count). The van der Waals surface area contributed by atoms with Crippen molar-refractivity contribution in [3.8, 4) is 6.07 Å². The zero-order valence-corrected chi connectivity index (χ0v) is 12.7. The van der Waals surface area contributed by atoms with Gasteiger partial charge >= 0.3 is 0 Å². The first-order chi connectivity index (χ1) is 10.6. The molecule has 0 bridgehead atoms.